The van der Waals surface area contributed by atoms with Crippen LogP contribution in [0, 0.1) is 12.7 Å². The molecular formula is C17H15FN4. The lowest BCUT2D eigenvalue weighted by Gasteiger charge is -2.10. The molecule has 5 heteroatoms. The first kappa shape index (κ1) is 14.1. The smallest absolute Gasteiger partial charge is 0.160 e. The van der Waals surface area contributed by atoms with Crippen LogP contribution in [-0.4, -0.2) is 22.0 Å². The van der Waals surface area contributed by atoms with Gasteiger partial charge in [-0.25, -0.2) is 14.4 Å². The number of aryl methyl sites for hydroxylation is 1. The largest absolute Gasteiger partial charge is 0.386 e. The highest BCUT2D eigenvalue weighted by molar-refractivity contribution is 5.69. The summed E-state index contributed by atoms with van der Waals surface area (Å²) in [4.78, 5) is 12.9. The second kappa shape index (κ2) is 5.89. The fraction of sp³-hybridized carbons (Fsp3) is 0.118. The molecule has 0 bridgehead atoms. The van der Waals surface area contributed by atoms with E-state index in [0.29, 0.717) is 11.5 Å². The van der Waals surface area contributed by atoms with Crippen LogP contribution in [0.15, 0.2) is 48.9 Å². The Bertz CT molecular complexity index is 803. The predicted octanol–water partition coefficient (Wildman–Crippen LogP) is 3.69. The second-order valence-corrected chi connectivity index (χ2v) is 4.90. The van der Waals surface area contributed by atoms with Gasteiger partial charge in [-0.15, -0.1) is 0 Å². The minimum absolute atomic E-state index is 0.283. The molecule has 4 nitrogen and oxygen atoms in total. The molecule has 2 heterocycles. The number of hydrogen-bond acceptors (Lipinski definition) is 4. The number of anilines is 1. The predicted molar refractivity (Wildman–Crippen MR) is 84.9 cm³/mol. The third kappa shape index (κ3) is 2.65. The number of rotatable bonds is 3. The summed E-state index contributed by atoms with van der Waals surface area (Å²) in [7, 11) is 1.69. The standard InChI is InChI=1S/C17H15FN4/c1-11-9-14(18)16(19-2)10-13(11)17-21-8-5-15(22-17)12-3-6-20-7-4-12/h3-10,19H,1-2H3. The van der Waals surface area contributed by atoms with Crippen molar-refractivity contribution in [1.82, 2.24) is 15.0 Å². The SMILES string of the molecule is CNc1cc(-c2nccc(-c3ccncc3)n2)c(C)cc1F. The highest BCUT2D eigenvalue weighted by Crippen LogP contribution is 2.27. The molecule has 1 N–H and O–H groups in total. The van der Waals surface area contributed by atoms with Crippen LogP contribution in [0.25, 0.3) is 22.6 Å². The van der Waals surface area contributed by atoms with Crippen LogP contribution < -0.4 is 5.32 Å². The fourth-order valence-corrected chi connectivity index (χ4v) is 2.28. The molecule has 0 aliphatic carbocycles. The number of halogens is 1. The molecule has 0 amide bonds. The Hall–Kier alpha value is -2.82. The fourth-order valence-electron chi connectivity index (χ4n) is 2.28. The van der Waals surface area contributed by atoms with Crippen molar-refractivity contribution in [2.75, 3.05) is 12.4 Å². The van der Waals surface area contributed by atoms with Crippen molar-refractivity contribution in [2.24, 2.45) is 0 Å². The number of benzene rings is 1. The van der Waals surface area contributed by atoms with E-state index < -0.39 is 0 Å². The zero-order valence-corrected chi connectivity index (χ0v) is 12.3. The topological polar surface area (TPSA) is 50.7 Å². The number of pyridine rings is 1. The van der Waals surface area contributed by atoms with Crippen LogP contribution in [0.5, 0.6) is 0 Å². The Balaban J connectivity index is 2.10. The molecule has 3 rings (SSSR count). The Labute approximate surface area is 128 Å². The first-order valence-corrected chi connectivity index (χ1v) is 6.91. The average Bonchev–Trinajstić information content (AvgIpc) is 2.56. The number of hydrogen-bond donors (Lipinski definition) is 1. The molecule has 1 aromatic carbocycles. The summed E-state index contributed by atoms with van der Waals surface area (Å²) in [5, 5.41) is 2.84. The van der Waals surface area contributed by atoms with Crippen molar-refractivity contribution in [2.45, 2.75) is 6.92 Å². The van der Waals surface area contributed by atoms with E-state index in [0.717, 1.165) is 22.4 Å². The Morgan fingerprint density at radius 3 is 2.55 bits per heavy atom. The Morgan fingerprint density at radius 1 is 1.05 bits per heavy atom. The summed E-state index contributed by atoms with van der Waals surface area (Å²) >= 11 is 0. The average molecular weight is 294 g/mol. The number of nitrogens with one attached hydrogen (secondary N) is 1. The quantitative estimate of drug-likeness (QED) is 0.800. The first-order valence-electron chi connectivity index (χ1n) is 6.91. The van der Waals surface area contributed by atoms with Crippen LogP contribution in [0.3, 0.4) is 0 Å². The highest BCUT2D eigenvalue weighted by atomic mass is 19.1. The maximum absolute atomic E-state index is 13.8. The molecule has 2 aromatic heterocycles. The Kier molecular flexibility index (Phi) is 3.78. The van der Waals surface area contributed by atoms with E-state index >= 15 is 0 Å². The van der Waals surface area contributed by atoms with Crippen LogP contribution in [-0.2, 0) is 0 Å². The summed E-state index contributed by atoms with van der Waals surface area (Å²) < 4.78 is 13.8. The van der Waals surface area contributed by atoms with Crippen molar-refractivity contribution in [1.29, 1.82) is 0 Å². The van der Waals surface area contributed by atoms with Gasteiger partial charge in [0.1, 0.15) is 5.82 Å². The molecule has 0 aliphatic heterocycles. The molecule has 0 unspecified atom stereocenters. The minimum atomic E-state index is -0.283. The third-order valence-corrected chi connectivity index (χ3v) is 3.46. The minimum Gasteiger partial charge on any atom is -0.386 e. The van der Waals surface area contributed by atoms with Crippen molar-refractivity contribution < 1.29 is 4.39 Å². The van der Waals surface area contributed by atoms with Gasteiger partial charge >= 0.3 is 0 Å². The maximum atomic E-state index is 13.8. The van der Waals surface area contributed by atoms with Gasteiger partial charge in [0.15, 0.2) is 5.82 Å². The van der Waals surface area contributed by atoms with Crippen LogP contribution in [0.1, 0.15) is 5.56 Å². The van der Waals surface area contributed by atoms with Gasteiger partial charge in [0.05, 0.1) is 11.4 Å². The van der Waals surface area contributed by atoms with E-state index in [1.807, 2.05) is 25.1 Å². The third-order valence-electron chi connectivity index (χ3n) is 3.46. The van der Waals surface area contributed by atoms with Gasteiger partial charge in [-0.05, 0) is 42.8 Å². The molecule has 0 aliphatic rings. The number of aromatic nitrogens is 3. The van der Waals surface area contributed by atoms with Gasteiger partial charge in [-0.1, -0.05) is 0 Å². The van der Waals surface area contributed by atoms with E-state index in [1.165, 1.54) is 6.07 Å². The Morgan fingerprint density at radius 2 is 1.82 bits per heavy atom. The van der Waals surface area contributed by atoms with Crippen molar-refractivity contribution >= 4 is 5.69 Å². The van der Waals surface area contributed by atoms with Crippen molar-refractivity contribution in [3.05, 3.63) is 60.3 Å². The summed E-state index contributed by atoms with van der Waals surface area (Å²) in [6.07, 6.45) is 5.15. The normalized spacial score (nSPS) is 10.5. The van der Waals surface area contributed by atoms with E-state index in [9.17, 15) is 4.39 Å². The van der Waals surface area contributed by atoms with Crippen molar-refractivity contribution in [3.8, 4) is 22.6 Å². The summed E-state index contributed by atoms with van der Waals surface area (Å²) in [5.41, 5.74) is 3.80. The van der Waals surface area contributed by atoms with Crippen LogP contribution >= 0.6 is 0 Å². The summed E-state index contributed by atoms with van der Waals surface area (Å²) in [6.45, 7) is 1.85. The van der Waals surface area contributed by atoms with Gasteiger partial charge in [0.2, 0.25) is 0 Å². The van der Waals surface area contributed by atoms with Crippen molar-refractivity contribution in [3.63, 3.8) is 0 Å². The van der Waals surface area contributed by atoms with Crippen LogP contribution in [0.2, 0.25) is 0 Å². The zero-order valence-electron chi connectivity index (χ0n) is 12.3. The molecular weight excluding hydrogens is 279 g/mol. The van der Waals surface area contributed by atoms with Gasteiger partial charge in [-0.3, -0.25) is 4.98 Å². The lowest BCUT2D eigenvalue weighted by Crippen LogP contribution is -1.98. The van der Waals surface area contributed by atoms with Gasteiger partial charge in [0, 0.05) is 36.8 Å². The zero-order chi connectivity index (χ0) is 15.5. The molecule has 110 valence electrons. The molecule has 0 atom stereocenters. The summed E-state index contributed by atoms with van der Waals surface area (Å²) in [6, 6.07) is 8.85. The van der Waals surface area contributed by atoms with E-state index in [-0.39, 0.29) is 5.82 Å². The molecule has 3 aromatic rings. The summed E-state index contributed by atoms with van der Waals surface area (Å²) in [5.74, 6) is 0.289. The van der Waals surface area contributed by atoms with E-state index in [2.05, 4.69) is 20.3 Å². The lowest BCUT2D eigenvalue weighted by molar-refractivity contribution is 0.630. The number of nitrogens with zero attached hydrogens (tertiary/aromatic N) is 3. The van der Waals surface area contributed by atoms with Gasteiger partial charge in [-0.2, -0.15) is 0 Å². The van der Waals surface area contributed by atoms with Gasteiger partial charge < -0.3 is 5.32 Å². The van der Waals surface area contributed by atoms with Crippen LogP contribution in [0.4, 0.5) is 10.1 Å². The second-order valence-electron chi connectivity index (χ2n) is 4.90. The molecule has 0 spiro atoms. The van der Waals surface area contributed by atoms with Gasteiger partial charge in [0.25, 0.3) is 0 Å². The first-order chi connectivity index (χ1) is 10.7. The molecule has 0 radical (unpaired) electrons. The highest BCUT2D eigenvalue weighted by Gasteiger charge is 2.11. The molecule has 0 saturated carbocycles. The van der Waals surface area contributed by atoms with E-state index in [4.69, 9.17) is 0 Å². The molecule has 0 saturated heterocycles. The monoisotopic (exact) mass is 294 g/mol. The molecule has 22 heavy (non-hydrogen) atoms. The maximum Gasteiger partial charge on any atom is 0.160 e. The van der Waals surface area contributed by atoms with E-state index in [1.54, 1.807) is 31.7 Å². The lowest BCUT2D eigenvalue weighted by atomic mass is 10.1. The molecule has 0 fully saturated rings.